The number of nitrogens with zero attached hydrogens (tertiary/aromatic N) is 3. The average molecular weight is 304 g/mol. The fourth-order valence-corrected chi connectivity index (χ4v) is 4.70. The minimum absolute atomic E-state index is 0.337. The molecular weight excluding hydrogens is 266 g/mol. The minimum Gasteiger partial charge on any atom is -0.422 e. The molecule has 20 heavy (non-hydrogen) atoms. The molecule has 0 rings (SSSR count). The summed E-state index contributed by atoms with van der Waals surface area (Å²) in [6.45, 7) is 7.69. The quantitative estimate of drug-likeness (QED) is 0.418. The third kappa shape index (κ3) is 9.88. The van der Waals surface area contributed by atoms with E-state index >= 15 is 0 Å². The Morgan fingerprint density at radius 2 is 1.25 bits per heavy atom. The molecule has 0 amide bonds. The van der Waals surface area contributed by atoms with Gasteiger partial charge in [0.1, 0.15) is 0 Å². The molecular formula is C15H37N3OSi. The molecule has 0 N–H and O–H groups in total. The zero-order valence-electron chi connectivity index (χ0n) is 15.1. The van der Waals surface area contributed by atoms with Gasteiger partial charge in [0.25, 0.3) is 0 Å². The standard InChI is InChI=1S/C15H37N3OSi/c1-14(2)19-20-10-9-15(11-16(3)4,12-17(5)6)13-18(7)8/h14H,9-13,20H2,1-8H3. The Hall–Kier alpha value is 0.0569. The highest BCUT2D eigenvalue weighted by Crippen LogP contribution is 2.27. The zero-order valence-corrected chi connectivity index (χ0v) is 16.5. The molecule has 0 unspecified atom stereocenters. The van der Waals surface area contributed by atoms with Crippen molar-refractivity contribution in [2.24, 2.45) is 5.41 Å². The van der Waals surface area contributed by atoms with Crippen LogP contribution in [-0.2, 0) is 4.43 Å². The van der Waals surface area contributed by atoms with Crippen LogP contribution in [0.1, 0.15) is 20.3 Å². The molecule has 0 aliphatic carbocycles. The van der Waals surface area contributed by atoms with E-state index < -0.39 is 0 Å². The highest BCUT2D eigenvalue weighted by Gasteiger charge is 2.31. The molecule has 0 fully saturated rings. The van der Waals surface area contributed by atoms with Crippen LogP contribution in [0.25, 0.3) is 0 Å². The van der Waals surface area contributed by atoms with Gasteiger partial charge in [-0.2, -0.15) is 0 Å². The van der Waals surface area contributed by atoms with Gasteiger partial charge in [-0.15, -0.1) is 0 Å². The van der Waals surface area contributed by atoms with E-state index in [9.17, 15) is 0 Å². The summed E-state index contributed by atoms with van der Waals surface area (Å²) >= 11 is 0. The first-order chi connectivity index (χ1) is 9.17. The van der Waals surface area contributed by atoms with Crippen LogP contribution in [0.2, 0.25) is 6.04 Å². The molecule has 0 aromatic rings. The van der Waals surface area contributed by atoms with Gasteiger partial charge < -0.3 is 19.1 Å². The van der Waals surface area contributed by atoms with E-state index in [4.69, 9.17) is 4.43 Å². The summed E-state index contributed by atoms with van der Waals surface area (Å²) in [6.07, 6.45) is 1.66. The second kappa shape index (κ2) is 9.90. The summed E-state index contributed by atoms with van der Waals surface area (Å²) in [6, 6.07) is 1.27. The minimum atomic E-state index is -0.373. The largest absolute Gasteiger partial charge is 0.422 e. The Bertz CT molecular complexity index is 219. The molecule has 0 bridgehead atoms. The summed E-state index contributed by atoms with van der Waals surface area (Å²) in [4.78, 5) is 6.99. The first kappa shape index (κ1) is 20.1. The number of hydrogen-bond acceptors (Lipinski definition) is 4. The summed E-state index contributed by atoms with van der Waals surface area (Å²) < 4.78 is 5.85. The first-order valence-corrected chi connectivity index (χ1v) is 9.30. The average Bonchev–Trinajstić information content (AvgIpc) is 2.20. The third-order valence-electron chi connectivity index (χ3n) is 3.26. The topological polar surface area (TPSA) is 19.0 Å². The highest BCUT2D eigenvalue weighted by molar-refractivity contribution is 6.27. The molecule has 0 aromatic heterocycles. The molecule has 0 aliphatic rings. The van der Waals surface area contributed by atoms with Gasteiger partial charge in [-0.05, 0) is 68.6 Å². The van der Waals surface area contributed by atoms with Crippen molar-refractivity contribution >= 4 is 9.76 Å². The lowest BCUT2D eigenvalue weighted by molar-refractivity contribution is 0.0996. The molecule has 0 spiro atoms. The fraction of sp³-hybridized carbons (Fsp3) is 1.00. The maximum atomic E-state index is 5.85. The lowest BCUT2D eigenvalue weighted by Crippen LogP contribution is -2.48. The lowest BCUT2D eigenvalue weighted by Gasteiger charge is -2.40. The molecule has 5 heteroatoms. The maximum Gasteiger partial charge on any atom is 0.161 e. The van der Waals surface area contributed by atoms with Crippen LogP contribution in [0, 0.1) is 5.41 Å². The smallest absolute Gasteiger partial charge is 0.161 e. The second-order valence-corrected chi connectivity index (χ2v) is 8.69. The van der Waals surface area contributed by atoms with E-state index in [2.05, 4.69) is 70.8 Å². The van der Waals surface area contributed by atoms with E-state index in [0.29, 0.717) is 11.5 Å². The molecule has 0 aliphatic heterocycles. The monoisotopic (exact) mass is 303 g/mol. The SMILES string of the molecule is CC(C)O[SiH2]CCC(CN(C)C)(CN(C)C)CN(C)C. The predicted octanol–water partition coefficient (Wildman–Crippen LogP) is 0.975. The molecule has 0 atom stereocenters. The van der Waals surface area contributed by atoms with Crippen LogP contribution in [0.15, 0.2) is 0 Å². The molecule has 0 heterocycles. The lowest BCUT2D eigenvalue weighted by atomic mass is 9.83. The van der Waals surface area contributed by atoms with Crippen molar-refractivity contribution in [2.45, 2.75) is 32.4 Å². The Morgan fingerprint density at radius 1 is 0.850 bits per heavy atom. The molecule has 4 nitrogen and oxygen atoms in total. The Kier molecular flexibility index (Phi) is 9.92. The van der Waals surface area contributed by atoms with Crippen molar-refractivity contribution in [2.75, 3.05) is 61.9 Å². The van der Waals surface area contributed by atoms with Gasteiger partial charge in [-0.25, -0.2) is 0 Å². The van der Waals surface area contributed by atoms with Gasteiger partial charge >= 0.3 is 0 Å². The Balaban J connectivity index is 4.68. The van der Waals surface area contributed by atoms with E-state index in [-0.39, 0.29) is 9.76 Å². The van der Waals surface area contributed by atoms with Crippen molar-refractivity contribution in [3.05, 3.63) is 0 Å². The van der Waals surface area contributed by atoms with Crippen molar-refractivity contribution in [1.82, 2.24) is 14.7 Å². The van der Waals surface area contributed by atoms with Crippen LogP contribution in [-0.4, -0.2) is 92.5 Å². The molecule has 122 valence electrons. The highest BCUT2D eigenvalue weighted by atomic mass is 28.2. The Labute approximate surface area is 129 Å². The Morgan fingerprint density at radius 3 is 1.55 bits per heavy atom. The fourth-order valence-electron chi connectivity index (χ4n) is 3.17. The predicted molar refractivity (Wildman–Crippen MR) is 92.3 cm³/mol. The van der Waals surface area contributed by atoms with Crippen LogP contribution < -0.4 is 0 Å². The zero-order chi connectivity index (χ0) is 15.8. The van der Waals surface area contributed by atoms with E-state index in [0.717, 1.165) is 19.6 Å². The maximum absolute atomic E-state index is 5.85. The van der Waals surface area contributed by atoms with Crippen molar-refractivity contribution < 1.29 is 4.43 Å². The van der Waals surface area contributed by atoms with Crippen LogP contribution in [0.3, 0.4) is 0 Å². The third-order valence-corrected chi connectivity index (χ3v) is 4.80. The van der Waals surface area contributed by atoms with Gasteiger partial charge in [0.2, 0.25) is 0 Å². The van der Waals surface area contributed by atoms with Gasteiger partial charge in [0.05, 0.1) is 0 Å². The summed E-state index contributed by atoms with van der Waals surface area (Å²) in [7, 11) is 12.7. The van der Waals surface area contributed by atoms with Crippen molar-refractivity contribution in [1.29, 1.82) is 0 Å². The van der Waals surface area contributed by atoms with Crippen molar-refractivity contribution in [3.8, 4) is 0 Å². The van der Waals surface area contributed by atoms with Crippen LogP contribution in [0.5, 0.6) is 0 Å². The van der Waals surface area contributed by atoms with Crippen LogP contribution >= 0.6 is 0 Å². The summed E-state index contributed by atoms with van der Waals surface area (Å²) in [5, 5.41) is 0. The number of hydrogen-bond donors (Lipinski definition) is 0. The van der Waals surface area contributed by atoms with E-state index in [1.807, 2.05) is 0 Å². The second-order valence-electron chi connectivity index (χ2n) is 7.24. The molecule has 0 saturated heterocycles. The first-order valence-electron chi connectivity index (χ1n) is 7.73. The van der Waals surface area contributed by atoms with Gasteiger partial charge in [0, 0.05) is 31.2 Å². The molecule has 0 saturated carbocycles. The molecule has 0 radical (unpaired) electrons. The van der Waals surface area contributed by atoms with Gasteiger partial charge in [-0.3, -0.25) is 0 Å². The molecule has 0 aromatic carbocycles. The normalized spacial score (nSPS) is 13.8. The van der Waals surface area contributed by atoms with Gasteiger partial charge in [-0.1, -0.05) is 0 Å². The van der Waals surface area contributed by atoms with Crippen molar-refractivity contribution in [3.63, 3.8) is 0 Å². The van der Waals surface area contributed by atoms with Gasteiger partial charge in [0.15, 0.2) is 9.76 Å². The summed E-state index contributed by atoms with van der Waals surface area (Å²) in [5.41, 5.74) is 0.337. The van der Waals surface area contributed by atoms with E-state index in [1.54, 1.807) is 0 Å². The number of rotatable bonds is 11. The van der Waals surface area contributed by atoms with E-state index in [1.165, 1.54) is 12.5 Å². The summed E-state index contributed by atoms with van der Waals surface area (Å²) in [5.74, 6) is 0. The van der Waals surface area contributed by atoms with Crippen LogP contribution in [0.4, 0.5) is 0 Å².